The SMILES string of the molecule is Cc1[nH]ncc1-c1nc(C2CCc3ncnn3C2)n(-c2ccccn2)n1. The van der Waals surface area contributed by atoms with Crippen LogP contribution in [0.4, 0.5) is 0 Å². The van der Waals surface area contributed by atoms with Crippen molar-refractivity contribution >= 4 is 0 Å². The van der Waals surface area contributed by atoms with Crippen LogP contribution in [0.15, 0.2) is 36.9 Å². The highest BCUT2D eigenvalue weighted by Crippen LogP contribution is 2.30. The van der Waals surface area contributed by atoms with Gasteiger partial charge < -0.3 is 0 Å². The average molecular weight is 347 g/mol. The Labute approximate surface area is 149 Å². The molecule has 0 saturated heterocycles. The minimum Gasteiger partial charge on any atom is -0.282 e. The summed E-state index contributed by atoms with van der Waals surface area (Å²) in [6.07, 6.45) is 6.96. The molecule has 0 aromatic carbocycles. The van der Waals surface area contributed by atoms with Crippen LogP contribution in [0.5, 0.6) is 0 Å². The van der Waals surface area contributed by atoms with E-state index in [-0.39, 0.29) is 5.92 Å². The first-order valence-corrected chi connectivity index (χ1v) is 8.55. The number of nitrogens with one attached hydrogen (secondary N) is 1. The summed E-state index contributed by atoms with van der Waals surface area (Å²) in [6.45, 7) is 2.70. The fraction of sp³-hybridized carbons (Fsp3) is 0.294. The van der Waals surface area contributed by atoms with Crippen LogP contribution in [-0.4, -0.2) is 44.7 Å². The molecule has 0 spiro atoms. The Morgan fingerprint density at radius 1 is 1.23 bits per heavy atom. The summed E-state index contributed by atoms with van der Waals surface area (Å²) in [5, 5.41) is 16.1. The van der Waals surface area contributed by atoms with E-state index in [9.17, 15) is 0 Å². The van der Waals surface area contributed by atoms with Gasteiger partial charge in [0.05, 0.1) is 18.3 Å². The number of aromatic amines is 1. The molecule has 1 aliphatic heterocycles. The molecule has 0 radical (unpaired) electrons. The standard InChI is InChI=1S/C17H17N9/c1-11-13(8-20-23-11)16-22-17(26(24-16)15-4-2-3-7-18-15)12-5-6-14-19-10-21-25(14)9-12/h2-4,7-8,10,12H,5-6,9H2,1H3,(H,20,23). The lowest BCUT2D eigenvalue weighted by Gasteiger charge is -2.21. The molecule has 0 saturated carbocycles. The van der Waals surface area contributed by atoms with Crippen molar-refractivity contribution in [3.63, 3.8) is 0 Å². The maximum absolute atomic E-state index is 4.86. The van der Waals surface area contributed by atoms with Crippen molar-refractivity contribution in [2.45, 2.75) is 32.2 Å². The number of fused-ring (bicyclic) bond motifs is 1. The Bertz CT molecular complexity index is 1040. The summed E-state index contributed by atoms with van der Waals surface area (Å²) >= 11 is 0. The zero-order valence-electron chi connectivity index (χ0n) is 14.2. The molecule has 4 aromatic heterocycles. The Morgan fingerprint density at radius 2 is 2.19 bits per heavy atom. The van der Waals surface area contributed by atoms with Crippen LogP contribution >= 0.6 is 0 Å². The van der Waals surface area contributed by atoms with Gasteiger partial charge in [-0.15, -0.1) is 5.10 Å². The summed E-state index contributed by atoms with van der Waals surface area (Å²) in [5.41, 5.74) is 1.84. The minimum atomic E-state index is 0.194. The fourth-order valence-electron chi connectivity index (χ4n) is 3.37. The molecule has 1 N–H and O–H groups in total. The molecule has 1 atom stereocenters. The fourth-order valence-corrected chi connectivity index (χ4v) is 3.37. The second kappa shape index (κ2) is 5.87. The minimum absolute atomic E-state index is 0.194. The van der Waals surface area contributed by atoms with Crippen LogP contribution in [0.25, 0.3) is 17.2 Å². The Balaban J connectivity index is 1.62. The predicted molar refractivity (Wildman–Crippen MR) is 92.6 cm³/mol. The maximum atomic E-state index is 4.86. The number of H-pyrrole nitrogens is 1. The van der Waals surface area contributed by atoms with Crippen molar-refractivity contribution in [3.8, 4) is 17.2 Å². The molecule has 0 bridgehead atoms. The summed E-state index contributed by atoms with van der Waals surface area (Å²) in [6, 6.07) is 5.78. The van der Waals surface area contributed by atoms with Crippen molar-refractivity contribution < 1.29 is 0 Å². The van der Waals surface area contributed by atoms with Crippen molar-refractivity contribution in [2.75, 3.05) is 0 Å². The summed E-state index contributed by atoms with van der Waals surface area (Å²) in [7, 11) is 0. The highest BCUT2D eigenvalue weighted by atomic mass is 15.4. The zero-order chi connectivity index (χ0) is 17.5. The Morgan fingerprint density at radius 3 is 3.00 bits per heavy atom. The van der Waals surface area contributed by atoms with E-state index in [4.69, 9.17) is 10.1 Å². The molecule has 0 amide bonds. The van der Waals surface area contributed by atoms with E-state index >= 15 is 0 Å². The van der Waals surface area contributed by atoms with Crippen molar-refractivity contribution in [3.05, 3.63) is 54.3 Å². The lowest BCUT2D eigenvalue weighted by Crippen LogP contribution is -2.23. The molecule has 4 aromatic rings. The molecule has 9 heteroatoms. The largest absolute Gasteiger partial charge is 0.282 e. The quantitative estimate of drug-likeness (QED) is 0.605. The topological polar surface area (TPSA) is 103 Å². The number of nitrogens with zero attached hydrogens (tertiary/aromatic N) is 8. The zero-order valence-corrected chi connectivity index (χ0v) is 14.2. The third-order valence-corrected chi connectivity index (χ3v) is 4.74. The van der Waals surface area contributed by atoms with E-state index in [2.05, 4.69) is 25.3 Å². The normalized spacial score (nSPS) is 16.6. The van der Waals surface area contributed by atoms with E-state index in [0.29, 0.717) is 5.82 Å². The van der Waals surface area contributed by atoms with Crippen LogP contribution in [0.2, 0.25) is 0 Å². The molecular formula is C17H17N9. The van der Waals surface area contributed by atoms with E-state index in [0.717, 1.165) is 48.1 Å². The van der Waals surface area contributed by atoms with Gasteiger partial charge in [0, 0.05) is 24.2 Å². The van der Waals surface area contributed by atoms with Crippen LogP contribution in [0.1, 0.15) is 29.7 Å². The van der Waals surface area contributed by atoms with Gasteiger partial charge >= 0.3 is 0 Å². The Kier molecular flexibility index (Phi) is 3.37. The summed E-state index contributed by atoms with van der Waals surface area (Å²) < 4.78 is 3.79. The second-order valence-corrected chi connectivity index (χ2v) is 6.40. The van der Waals surface area contributed by atoms with Gasteiger partial charge in [0.25, 0.3) is 0 Å². The average Bonchev–Trinajstić information content (AvgIpc) is 3.40. The molecule has 1 unspecified atom stereocenters. The lowest BCUT2D eigenvalue weighted by molar-refractivity contribution is 0.404. The summed E-state index contributed by atoms with van der Waals surface area (Å²) in [4.78, 5) is 13.6. The first-order valence-electron chi connectivity index (χ1n) is 8.55. The smallest absolute Gasteiger partial charge is 0.185 e. The van der Waals surface area contributed by atoms with Gasteiger partial charge in [0.2, 0.25) is 0 Å². The first kappa shape index (κ1) is 14.9. The van der Waals surface area contributed by atoms with Crippen LogP contribution < -0.4 is 0 Å². The summed E-state index contributed by atoms with van der Waals surface area (Å²) in [5.74, 6) is 3.52. The van der Waals surface area contributed by atoms with E-state index in [1.165, 1.54) is 0 Å². The number of rotatable bonds is 3. The number of aromatic nitrogens is 9. The van der Waals surface area contributed by atoms with E-state index in [1.54, 1.807) is 18.7 Å². The second-order valence-electron chi connectivity index (χ2n) is 6.40. The highest BCUT2D eigenvalue weighted by molar-refractivity contribution is 5.56. The van der Waals surface area contributed by atoms with Gasteiger partial charge in [-0.05, 0) is 25.5 Å². The third kappa shape index (κ3) is 2.40. The van der Waals surface area contributed by atoms with E-state index < -0.39 is 0 Å². The van der Waals surface area contributed by atoms with Gasteiger partial charge in [0.1, 0.15) is 18.0 Å². The van der Waals surface area contributed by atoms with E-state index in [1.807, 2.05) is 34.5 Å². The van der Waals surface area contributed by atoms with Crippen LogP contribution in [0.3, 0.4) is 0 Å². The van der Waals surface area contributed by atoms with Gasteiger partial charge in [-0.3, -0.25) is 5.10 Å². The molecule has 1 aliphatic rings. The number of pyridine rings is 1. The van der Waals surface area contributed by atoms with Crippen molar-refractivity contribution in [1.29, 1.82) is 0 Å². The molecule has 0 aliphatic carbocycles. The first-order chi connectivity index (χ1) is 12.8. The van der Waals surface area contributed by atoms with Gasteiger partial charge in [0.15, 0.2) is 11.6 Å². The van der Waals surface area contributed by atoms with Gasteiger partial charge in [-0.2, -0.15) is 14.9 Å². The molecule has 130 valence electrons. The van der Waals surface area contributed by atoms with Gasteiger partial charge in [-0.1, -0.05) is 6.07 Å². The lowest BCUT2D eigenvalue weighted by atomic mass is 9.99. The third-order valence-electron chi connectivity index (χ3n) is 4.74. The number of aryl methyl sites for hydroxylation is 2. The maximum Gasteiger partial charge on any atom is 0.185 e. The molecule has 26 heavy (non-hydrogen) atoms. The van der Waals surface area contributed by atoms with Crippen molar-refractivity contribution in [2.24, 2.45) is 0 Å². The molecule has 0 fully saturated rings. The highest BCUT2D eigenvalue weighted by Gasteiger charge is 2.28. The molecule has 5 heterocycles. The predicted octanol–water partition coefficient (Wildman–Crippen LogP) is 1.68. The molecular weight excluding hydrogens is 330 g/mol. The Hall–Kier alpha value is -3.36. The van der Waals surface area contributed by atoms with Crippen LogP contribution in [0, 0.1) is 6.92 Å². The molecule has 5 rings (SSSR count). The van der Waals surface area contributed by atoms with Crippen molar-refractivity contribution in [1.82, 2.24) is 44.7 Å². The number of hydrogen-bond donors (Lipinski definition) is 1. The monoisotopic (exact) mass is 347 g/mol. The number of hydrogen-bond acceptors (Lipinski definition) is 6. The van der Waals surface area contributed by atoms with Gasteiger partial charge in [-0.25, -0.2) is 19.6 Å². The van der Waals surface area contributed by atoms with Crippen LogP contribution in [-0.2, 0) is 13.0 Å². The molecule has 9 nitrogen and oxygen atoms in total.